The fourth-order valence-electron chi connectivity index (χ4n) is 2.82. The molecule has 0 unspecified atom stereocenters. The summed E-state index contributed by atoms with van der Waals surface area (Å²) in [5, 5.41) is 0. The van der Waals surface area contributed by atoms with Crippen LogP contribution in [0.4, 0.5) is 0 Å². The molecule has 24 heavy (non-hydrogen) atoms. The van der Waals surface area contributed by atoms with Gasteiger partial charge in [0.05, 0.1) is 13.2 Å². The number of ether oxygens (including phenoxy) is 1. The quantitative estimate of drug-likeness (QED) is 0.866. The van der Waals surface area contributed by atoms with Crippen LogP contribution in [0.15, 0.2) is 18.6 Å². The van der Waals surface area contributed by atoms with Gasteiger partial charge >= 0.3 is 0 Å². The molecule has 2 aromatic rings. The molecule has 0 aliphatic carbocycles. The molecule has 8 heteroatoms. The van der Waals surface area contributed by atoms with E-state index < -0.39 is 0 Å². The van der Waals surface area contributed by atoms with Crippen LogP contribution in [0, 0.1) is 6.92 Å². The summed E-state index contributed by atoms with van der Waals surface area (Å²) in [6.07, 6.45) is 5.15. The number of nitrogens with one attached hydrogen (secondary N) is 1. The monoisotopic (exact) mass is 332 g/mol. The Kier molecular flexibility index (Phi) is 4.96. The van der Waals surface area contributed by atoms with Crippen LogP contribution in [0.5, 0.6) is 0 Å². The van der Waals surface area contributed by atoms with Crippen molar-refractivity contribution in [3.8, 4) is 0 Å². The van der Waals surface area contributed by atoms with Gasteiger partial charge in [-0.3, -0.25) is 4.79 Å². The molecule has 1 N–H and O–H groups in total. The summed E-state index contributed by atoms with van der Waals surface area (Å²) in [4.78, 5) is 28.3. The number of H-pyrrole nitrogens is 1. The summed E-state index contributed by atoms with van der Waals surface area (Å²) in [6, 6.07) is 0. The minimum Gasteiger partial charge on any atom is -0.367 e. The summed E-state index contributed by atoms with van der Waals surface area (Å²) in [5.41, 5.74) is 1.04. The van der Waals surface area contributed by atoms with Crippen molar-refractivity contribution >= 4 is 5.91 Å². The Bertz CT molecular complexity index is 692. The van der Waals surface area contributed by atoms with E-state index in [1.165, 1.54) is 0 Å². The van der Waals surface area contributed by atoms with E-state index in [0.29, 0.717) is 26.2 Å². The molecule has 130 valence electrons. The Hall–Kier alpha value is -2.19. The molecule has 0 aromatic carbocycles. The van der Waals surface area contributed by atoms with Crippen molar-refractivity contribution in [1.29, 1.82) is 0 Å². The standard InChI is InChI=1S/C16H24N6O2/c1-12-17-4-5-21(12)11-15(23)22-6-7-24-14(10-22)16-18-8-13(19-16)9-20(2)3/h4-5,8,14H,6-7,9-11H2,1-3H3,(H,18,19)/t14-/m0/s1. The third kappa shape index (κ3) is 3.82. The first-order valence-electron chi connectivity index (χ1n) is 8.08. The number of aromatic nitrogens is 4. The van der Waals surface area contributed by atoms with Gasteiger partial charge in [-0.05, 0) is 21.0 Å². The first-order valence-corrected chi connectivity index (χ1v) is 8.08. The largest absolute Gasteiger partial charge is 0.367 e. The van der Waals surface area contributed by atoms with Gasteiger partial charge in [-0.2, -0.15) is 0 Å². The Morgan fingerprint density at radius 2 is 2.29 bits per heavy atom. The van der Waals surface area contributed by atoms with E-state index in [2.05, 4.69) is 19.9 Å². The second-order valence-electron chi connectivity index (χ2n) is 6.33. The zero-order chi connectivity index (χ0) is 17.1. The Morgan fingerprint density at radius 1 is 1.46 bits per heavy atom. The molecule has 0 bridgehead atoms. The molecule has 0 radical (unpaired) electrons. The SMILES string of the molecule is Cc1nccn1CC(=O)N1CCO[C@H](c2ncc(CN(C)C)[nH]2)C1. The highest BCUT2D eigenvalue weighted by Gasteiger charge is 2.27. The first kappa shape index (κ1) is 16.7. The highest BCUT2D eigenvalue weighted by Crippen LogP contribution is 2.20. The lowest BCUT2D eigenvalue weighted by molar-refractivity contribution is -0.140. The van der Waals surface area contributed by atoms with Crippen LogP contribution in [0.1, 0.15) is 23.4 Å². The minimum absolute atomic E-state index is 0.0736. The molecule has 1 amide bonds. The van der Waals surface area contributed by atoms with Crippen LogP contribution in [-0.2, 0) is 22.6 Å². The number of amides is 1. The predicted molar refractivity (Wildman–Crippen MR) is 88.2 cm³/mol. The van der Waals surface area contributed by atoms with Gasteiger partial charge in [0.15, 0.2) is 0 Å². The van der Waals surface area contributed by atoms with Crippen molar-refractivity contribution in [3.63, 3.8) is 0 Å². The summed E-state index contributed by atoms with van der Waals surface area (Å²) >= 11 is 0. The smallest absolute Gasteiger partial charge is 0.242 e. The lowest BCUT2D eigenvalue weighted by atomic mass is 10.2. The number of aromatic amines is 1. The van der Waals surface area contributed by atoms with Crippen molar-refractivity contribution in [2.75, 3.05) is 33.8 Å². The molecular formula is C16H24N6O2. The molecule has 2 aromatic heterocycles. The van der Waals surface area contributed by atoms with E-state index in [-0.39, 0.29) is 12.0 Å². The fourth-order valence-corrected chi connectivity index (χ4v) is 2.82. The average molecular weight is 332 g/mol. The van der Waals surface area contributed by atoms with Crippen LogP contribution in [-0.4, -0.2) is 69.0 Å². The molecule has 8 nitrogen and oxygen atoms in total. The highest BCUT2D eigenvalue weighted by atomic mass is 16.5. The van der Waals surface area contributed by atoms with Gasteiger partial charge in [-0.25, -0.2) is 9.97 Å². The molecule has 1 atom stereocenters. The third-order valence-corrected chi connectivity index (χ3v) is 4.09. The predicted octanol–water partition coefficient (Wildman–Crippen LogP) is 0.576. The van der Waals surface area contributed by atoms with E-state index in [1.54, 1.807) is 6.20 Å². The average Bonchev–Trinajstić information content (AvgIpc) is 3.17. The molecule has 3 rings (SSSR count). The number of imidazole rings is 2. The molecule has 0 spiro atoms. The lowest BCUT2D eigenvalue weighted by Gasteiger charge is -2.32. The van der Waals surface area contributed by atoms with Crippen LogP contribution in [0.25, 0.3) is 0 Å². The van der Waals surface area contributed by atoms with Crippen LogP contribution < -0.4 is 0 Å². The molecule has 0 saturated carbocycles. The Labute approximate surface area is 141 Å². The number of carbonyl (C=O) groups is 1. The lowest BCUT2D eigenvalue weighted by Crippen LogP contribution is -2.44. The van der Waals surface area contributed by atoms with E-state index in [0.717, 1.165) is 23.9 Å². The van der Waals surface area contributed by atoms with E-state index in [4.69, 9.17) is 4.74 Å². The zero-order valence-electron chi connectivity index (χ0n) is 14.4. The molecule has 1 aliphatic heterocycles. The van der Waals surface area contributed by atoms with Gasteiger partial charge in [-0.15, -0.1) is 0 Å². The summed E-state index contributed by atoms with van der Waals surface area (Å²) in [6.45, 7) is 4.63. The first-order chi connectivity index (χ1) is 11.5. The van der Waals surface area contributed by atoms with Crippen molar-refractivity contribution < 1.29 is 9.53 Å². The molecular weight excluding hydrogens is 308 g/mol. The van der Waals surface area contributed by atoms with Crippen molar-refractivity contribution in [2.24, 2.45) is 0 Å². The van der Waals surface area contributed by atoms with Gasteiger partial charge < -0.3 is 24.1 Å². The third-order valence-electron chi connectivity index (χ3n) is 4.09. The van der Waals surface area contributed by atoms with E-state index >= 15 is 0 Å². The molecule has 1 aliphatic rings. The van der Waals surface area contributed by atoms with Crippen LogP contribution >= 0.6 is 0 Å². The fraction of sp³-hybridized carbons (Fsp3) is 0.562. The molecule has 1 fully saturated rings. The summed E-state index contributed by atoms with van der Waals surface area (Å²) in [7, 11) is 4.02. The van der Waals surface area contributed by atoms with Crippen molar-refractivity contribution in [2.45, 2.75) is 26.1 Å². The van der Waals surface area contributed by atoms with E-state index in [1.807, 2.05) is 42.9 Å². The van der Waals surface area contributed by atoms with Gasteiger partial charge in [0.25, 0.3) is 0 Å². The summed E-state index contributed by atoms with van der Waals surface area (Å²) in [5.74, 6) is 1.69. The number of carbonyl (C=O) groups excluding carboxylic acids is 1. The number of hydrogen-bond donors (Lipinski definition) is 1. The Morgan fingerprint density at radius 3 is 3.00 bits per heavy atom. The van der Waals surface area contributed by atoms with Crippen LogP contribution in [0.2, 0.25) is 0 Å². The van der Waals surface area contributed by atoms with Gasteiger partial charge in [0, 0.05) is 37.4 Å². The van der Waals surface area contributed by atoms with Crippen molar-refractivity contribution in [1.82, 2.24) is 29.3 Å². The molecule has 1 saturated heterocycles. The topological polar surface area (TPSA) is 79.3 Å². The summed E-state index contributed by atoms with van der Waals surface area (Å²) < 4.78 is 7.66. The normalized spacial score (nSPS) is 18.3. The Balaban J connectivity index is 1.62. The second-order valence-corrected chi connectivity index (χ2v) is 6.33. The van der Waals surface area contributed by atoms with Crippen LogP contribution in [0.3, 0.4) is 0 Å². The number of aryl methyl sites for hydroxylation is 1. The zero-order valence-corrected chi connectivity index (χ0v) is 14.4. The number of nitrogens with zero attached hydrogens (tertiary/aromatic N) is 5. The van der Waals surface area contributed by atoms with Gasteiger partial charge in [-0.1, -0.05) is 0 Å². The van der Waals surface area contributed by atoms with E-state index in [9.17, 15) is 4.79 Å². The molecule has 3 heterocycles. The maximum atomic E-state index is 12.5. The number of morpholine rings is 1. The van der Waals surface area contributed by atoms with Crippen molar-refractivity contribution in [3.05, 3.63) is 35.9 Å². The second kappa shape index (κ2) is 7.14. The maximum absolute atomic E-state index is 12.5. The number of hydrogen-bond acceptors (Lipinski definition) is 5. The van der Waals surface area contributed by atoms with Gasteiger partial charge in [0.2, 0.25) is 5.91 Å². The maximum Gasteiger partial charge on any atom is 0.242 e. The number of rotatable bonds is 5. The minimum atomic E-state index is -0.206. The highest BCUT2D eigenvalue weighted by molar-refractivity contribution is 5.76. The van der Waals surface area contributed by atoms with Gasteiger partial charge in [0.1, 0.15) is 24.3 Å².